The summed E-state index contributed by atoms with van der Waals surface area (Å²) in [5.41, 5.74) is 0. The molecule has 0 radical (unpaired) electrons. The number of furan rings is 1. The van der Waals surface area contributed by atoms with E-state index in [2.05, 4.69) is 10.6 Å². The molecule has 0 aromatic carbocycles. The van der Waals surface area contributed by atoms with Gasteiger partial charge in [-0.05, 0) is 18.6 Å². The van der Waals surface area contributed by atoms with Crippen molar-refractivity contribution >= 4 is 11.8 Å². The van der Waals surface area contributed by atoms with E-state index in [4.69, 9.17) is 9.52 Å². The minimum absolute atomic E-state index is 0.0823. The Labute approximate surface area is 105 Å². The summed E-state index contributed by atoms with van der Waals surface area (Å²) in [7, 11) is 0. The zero-order valence-electron chi connectivity index (χ0n) is 10.3. The van der Waals surface area contributed by atoms with E-state index in [1.54, 1.807) is 12.1 Å². The lowest BCUT2D eigenvalue weighted by atomic mass is 10.2. The molecule has 0 aliphatic heterocycles. The van der Waals surface area contributed by atoms with Gasteiger partial charge in [-0.25, -0.2) is 0 Å². The summed E-state index contributed by atoms with van der Waals surface area (Å²) in [5.74, 6) is -0.324. The van der Waals surface area contributed by atoms with Crippen LogP contribution in [0.3, 0.4) is 0 Å². The largest absolute Gasteiger partial charge is 0.459 e. The molecule has 0 aliphatic carbocycles. The second-order valence-electron chi connectivity index (χ2n) is 3.84. The van der Waals surface area contributed by atoms with E-state index >= 15 is 0 Å². The molecule has 0 bridgehead atoms. The summed E-state index contributed by atoms with van der Waals surface area (Å²) in [6, 6.07) is 2.95. The normalized spacial score (nSPS) is 11.9. The fourth-order valence-corrected chi connectivity index (χ4v) is 1.36. The zero-order valence-corrected chi connectivity index (χ0v) is 10.3. The minimum Gasteiger partial charge on any atom is -0.459 e. The van der Waals surface area contributed by atoms with Gasteiger partial charge in [-0.15, -0.1) is 0 Å². The Morgan fingerprint density at radius 2 is 2.28 bits per heavy atom. The van der Waals surface area contributed by atoms with Gasteiger partial charge < -0.3 is 20.2 Å². The fraction of sp³-hybridized carbons (Fsp3) is 0.500. The molecule has 1 aromatic heterocycles. The van der Waals surface area contributed by atoms with Crippen molar-refractivity contribution in [2.45, 2.75) is 25.8 Å². The number of rotatable bonds is 7. The number of nitrogens with one attached hydrogen (secondary N) is 2. The van der Waals surface area contributed by atoms with Crippen LogP contribution in [0.15, 0.2) is 22.8 Å². The molecule has 0 unspecified atom stereocenters. The van der Waals surface area contributed by atoms with Crippen molar-refractivity contribution < 1.29 is 19.1 Å². The summed E-state index contributed by atoms with van der Waals surface area (Å²) in [6.07, 6.45) is 2.25. The van der Waals surface area contributed by atoms with Crippen LogP contribution in [0.2, 0.25) is 0 Å². The standard InChI is InChI=1S/C12H18N2O4/c1-2-9(8-15)14-11(16)5-6-13-12(17)10-4-3-7-18-10/h3-4,7,9,15H,2,5-6,8H2,1H3,(H,13,17)(H,14,16)/t9-/m0/s1. The van der Waals surface area contributed by atoms with Crippen LogP contribution in [0, 0.1) is 0 Å². The molecule has 1 aromatic rings. The molecule has 0 aliphatic rings. The third kappa shape index (κ3) is 4.58. The maximum atomic E-state index is 11.4. The van der Waals surface area contributed by atoms with E-state index in [0.717, 1.165) is 0 Å². The van der Waals surface area contributed by atoms with Gasteiger partial charge in [0.1, 0.15) is 0 Å². The third-order valence-electron chi connectivity index (χ3n) is 2.46. The smallest absolute Gasteiger partial charge is 0.286 e. The third-order valence-corrected chi connectivity index (χ3v) is 2.46. The zero-order chi connectivity index (χ0) is 13.4. The van der Waals surface area contributed by atoms with Gasteiger partial charge in [0.2, 0.25) is 5.91 Å². The minimum atomic E-state index is -0.345. The van der Waals surface area contributed by atoms with Crippen molar-refractivity contribution in [3.63, 3.8) is 0 Å². The number of aliphatic hydroxyl groups is 1. The van der Waals surface area contributed by atoms with Gasteiger partial charge in [0.15, 0.2) is 5.76 Å². The maximum absolute atomic E-state index is 11.4. The maximum Gasteiger partial charge on any atom is 0.286 e. The first-order valence-electron chi connectivity index (χ1n) is 5.89. The summed E-state index contributed by atoms with van der Waals surface area (Å²) in [6.45, 7) is 2.02. The molecule has 1 rings (SSSR count). The highest BCUT2D eigenvalue weighted by molar-refractivity contribution is 5.91. The average molecular weight is 254 g/mol. The Morgan fingerprint density at radius 1 is 1.50 bits per heavy atom. The predicted molar refractivity (Wildman–Crippen MR) is 65.0 cm³/mol. The monoisotopic (exact) mass is 254 g/mol. The molecule has 0 saturated carbocycles. The molecule has 2 amide bonds. The Bertz CT molecular complexity index is 371. The number of hydrogen-bond donors (Lipinski definition) is 3. The van der Waals surface area contributed by atoms with E-state index in [1.165, 1.54) is 6.26 Å². The number of carbonyl (C=O) groups is 2. The van der Waals surface area contributed by atoms with E-state index in [9.17, 15) is 9.59 Å². The van der Waals surface area contributed by atoms with Crippen molar-refractivity contribution in [1.82, 2.24) is 10.6 Å². The topological polar surface area (TPSA) is 91.6 Å². The summed E-state index contributed by atoms with van der Waals surface area (Å²) >= 11 is 0. The van der Waals surface area contributed by atoms with Gasteiger partial charge in [0.05, 0.1) is 18.9 Å². The lowest BCUT2D eigenvalue weighted by Gasteiger charge is -2.13. The molecule has 100 valence electrons. The number of amides is 2. The molecule has 18 heavy (non-hydrogen) atoms. The molecule has 0 saturated heterocycles. The van der Waals surface area contributed by atoms with Crippen LogP contribution in [0.4, 0.5) is 0 Å². The molecule has 1 atom stereocenters. The number of hydrogen-bond acceptors (Lipinski definition) is 4. The molecular weight excluding hydrogens is 236 g/mol. The highest BCUT2D eigenvalue weighted by Gasteiger charge is 2.11. The van der Waals surface area contributed by atoms with Crippen LogP contribution in [-0.4, -0.2) is 36.1 Å². The predicted octanol–water partition coefficient (Wildman–Crippen LogP) is 0.287. The Kier molecular flexibility index (Phi) is 5.93. The van der Waals surface area contributed by atoms with E-state index in [1.807, 2.05) is 6.92 Å². The van der Waals surface area contributed by atoms with Crippen LogP contribution in [0.25, 0.3) is 0 Å². The van der Waals surface area contributed by atoms with Gasteiger partial charge in [0.25, 0.3) is 5.91 Å². The van der Waals surface area contributed by atoms with Gasteiger partial charge in [0, 0.05) is 13.0 Å². The second kappa shape index (κ2) is 7.50. The van der Waals surface area contributed by atoms with E-state index in [-0.39, 0.29) is 43.2 Å². The fourth-order valence-electron chi connectivity index (χ4n) is 1.36. The molecule has 1 heterocycles. The van der Waals surface area contributed by atoms with Crippen molar-refractivity contribution in [3.05, 3.63) is 24.2 Å². The first-order valence-corrected chi connectivity index (χ1v) is 5.89. The van der Waals surface area contributed by atoms with Crippen molar-refractivity contribution in [2.24, 2.45) is 0 Å². The van der Waals surface area contributed by atoms with Gasteiger partial charge in [-0.1, -0.05) is 6.92 Å². The van der Waals surface area contributed by atoms with Gasteiger partial charge in [-0.3, -0.25) is 9.59 Å². The van der Waals surface area contributed by atoms with Crippen LogP contribution < -0.4 is 10.6 Å². The number of aliphatic hydroxyl groups excluding tert-OH is 1. The van der Waals surface area contributed by atoms with Crippen molar-refractivity contribution in [2.75, 3.05) is 13.2 Å². The quantitative estimate of drug-likeness (QED) is 0.652. The molecule has 0 spiro atoms. The van der Waals surface area contributed by atoms with Gasteiger partial charge in [-0.2, -0.15) is 0 Å². The Balaban J connectivity index is 2.21. The Hall–Kier alpha value is -1.82. The highest BCUT2D eigenvalue weighted by Crippen LogP contribution is 1.98. The van der Waals surface area contributed by atoms with Crippen molar-refractivity contribution in [3.8, 4) is 0 Å². The first kappa shape index (κ1) is 14.2. The van der Waals surface area contributed by atoms with Crippen LogP contribution in [-0.2, 0) is 4.79 Å². The van der Waals surface area contributed by atoms with Gasteiger partial charge >= 0.3 is 0 Å². The molecule has 6 nitrogen and oxygen atoms in total. The van der Waals surface area contributed by atoms with Crippen LogP contribution in [0.1, 0.15) is 30.3 Å². The Morgan fingerprint density at radius 3 is 2.83 bits per heavy atom. The van der Waals surface area contributed by atoms with Crippen LogP contribution >= 0.6 is 0 Å². The second-order valence-corrected chi connectivity index (χ2v) is 3.84. The summed E-state index contributed by atoms with van der Waals surface area (Å²) in [5, 5.41) is 14.1. The average Bonchev–Trinajstić information content (AvgIpc) is 2.89. The first-order chi connectivity index (χ1) is 8.67. The highest BCUT2D eigenvalue weighted by atomic mass is 16.3. The van der Waals surface area contributed by atoms with E-state index in [0.29, 0.717) is 6.42 Å². The molecule has 6 heteroatoms. The SMILES string of the molecule is CC[C@@H](CO)NC(=O)CCNC(=O)c1ccco1. The lowest BCUT2D eigenvalue weighted by Crippen LogP contribution is -2.38. The molecule has 0 fully saturated rings. The van der Waals surface area contributed by atoms with E-state index < -0.39 is 0 Å². The van der Waals surface area contributed by atoms with Crippen molar-refractivity contribution in [1.29, 1.82) is 0 Å². The summed E-state index contributed by atoms with van der Waals surface area (Å²) in [4.78, 5) is 22.9. The lowest BCUT2D eigenvalue weighted by molar-refractivity contribution is -0.122. The molecule has 3 N–H and O–H groups in total. The van der Waals surface area contributed by atoms with Crippen LogP contribution in [0.5, 0.6) is 0 Å². The number of carbonyl (C=O) groups excluding carboxylic acids is 2. The molecular formula is C12H18N2O4. The summed E-state index contributed by atoms with van der Waals surface area (Å²) < 4.78 is 4.91.